The quantitative estimate of drug-likeness (QED) is 0.801. The van der Waals surface area contributed by atoms with Crippen molar-refractivity contribution in [3.63, 3.8) is 0 Å². The molecule has 3 nitrogen and oxygen atoms in total. The van der Waals surface area contributed by atoms with Gasteiger partial charge in [-0.1, -0.05) is 25.4 Å². The van der Waals surface area contributed by atoms with Gasteiger partial charge >= 0.3 is 0 Å². The molecular weight excluding hydrogens is 250 g/mol. The first-order chi connectivity index (χ1) is 8.35. The number of aromatic hydroxyl groups is 1. The van der Waals surface area contributed by atoms with Gasteiger partial charge in [-0.3, -0.25) is 4.79 Å². The predicted octanol–water partition coefficient (Wildman–Crippen LogP) is 3.73. The Labute approximate surface area is 111 Å². The molecule has 4 heteroatoms. The Morgan fingerprint density at radius 2 is 2.06 bits per heavy atom. The average molecular weight is 266 g/mol. The van der Waals surface area contributed by atoms with Crippen LogP contribution in [0, 0.1) is 5.41 Å². The summed E-state index contributed by atoms with van der Waals surface area (Å²) in [6, 6.07) is 4.87. The number of allylic oxidation sites excluding steroid dienone is 2. The number of nitrogens with one attached hydrogen (secondary N) is 1. The lowest BCUT2D eigenvalue weighted by Gasteiger charge is -2.29. The smallest absolute Gasteiger partial charge is 0.157 e. The minimum atomic E-state index is -0.0454. The molecule has 0 unspecified atom stereocenters. The van der Waals surface area contributed by atoms with Crippen LogP contribution in [0.25, 0.3) is 0 Å². The van der Waals surface area contributed by atoms with Gasteiger partial charge in [0.15, 0.2) is 5.78 Å². The van der Waals surface area contributed by atoms with Gasteiger partial charge in [-0.2, -0.15) is 0 Å². The van der Waals surface area contributed by atoms with Crippen molar-refractivity contribution in [3.8, 4) is 5.75 Å². The van der Waals surface area contributed by atoms with E-state index in [2.05, 4.69) is 19.2 Å². The molecule has 0 atom stereocenters. The number of carbonyl (C=O) groups excluding carboxylic acids is 1. The number of carbonyl (C=O) groups is 1. The largest absolute Gasteiger partial charge is 0.506 e. The fourth-order valence-electron chi connectivity index (χ4n) is 2.21. The van der Waals surface area contributed by atoms with Crippen LogP contribution in [-0.4, -0.2) is 10.9 Å². The van der Waals surface area contributed by atoms with Crippen LogP contribution in [0.1, 0.15) is 26.7 Å². The first kappa shape index (κ1) is 13.0. The number of phenols is 1. The standard InChI is InChI=1S/C14H16ClNO2/c1-14(2)7-10(6-11(17)8-14)16-12-4-3-9(15)5-13(12)18/h3-6,16,18H,7-8H2,1-2H3. The second kappa shape index (κ2) is 4.65. The number of hydrogen-bond acceptors (Lipinski definition) is 3. The molecule has 0 saturated carbocycles. The summed E-state index contributed by atoms with van der Waals surface area (Å²) in [5, 5.41) is 13.3. The summed E-state index contributed by atoms with van der Waals surface area (Å²) in [6.45, 7) is 4.11. The maximum atomic E-state index is 11.6. The molecule has 1 aromatic rings. The van der Waals surface area contributed by atoms with E-state index in [1.165, 1.54) is 6.07 Å². The van der Waals surface area contributed by atoms with E-state index < -0.39 is 0 Å². The van der Waals surface area contributed by atoms with E-state index in [0.29, 0.717) is 17.1 Å². The monoisotopic (exact) mass is 265 g/mol. The van der Waals surface area contributed by atoms with Crippen molar-refractivity contribution in [2.45, 2.75) is 26.7 Å². The molecular formula is C14H16ClNO2. The van der Waals surface area contributed by atoms with Gasteiger partial charge in [-0.25, -0.2) is 0 Å². The Kier molecular flexibility index (Phi) is 3.35. The van der Waals surface area contributed by atoms with Gasteiger partial charge in [0, 0.05) is 29.3 Å². The molecule has 1 aromatic carbocycles. The van der Waals surface area contributed by atoms with Crippen molar-refractivity contribution in [2.75, 3.05) is 5.32 Å². The van der Waals surface area contributed by atoms with E-state index in [4.69, 9.17) is 11.6 Å². The van der Waals surface area contributed by atoms with Crippen LogP contribution in [0.15, 0.2) is 30.0 Å². The third kappa shape index (κ3) is 3.05. The molecule has 0 aliphatic heterocycles. The minimum absolute atomic E-state index is 0.0454. The summed E-state index contributed by atoms with van der Waals surface area (Å²) in [5.41, 5.74) is 1.35. The molecule has 1 aliphatic carbocycles. The van der Waals surface area contributed by atoms with Crippen molar-refractivity contribution >= 4 is 23.1 Å². The Bertz CT molecular complexity index is 521. The summed E-state index contributed by atoms with van der Waals surface area (Å²) in [5.74, 6) is 0.196. The van der Waals surface area contributed by atoms with Crippen LogP contribution in [0.4, 0.5) is 5.69 Å². The van der Waals surface area contributed by atoms with Crippen LogP contribution in [-0.2, 0) is 4.79 Å². The zero-order chi connectivity index (χ0) is 13.3. The fraction of sp³-hybridized carbons (Fsp3) is 0.357. The Balaban J connectivity index is 2.21. The normalized spacial score (nSPS) is 18.4. The molecule has 1 aliphatic rings. The number of hydrogen-bond donors (Lipinski definition) is 2. The Morgan fingerprint density at radius 1 is 1.33 bits per heavy atom. The van der Waals surface area contributed by atoms with Gasteiger partial charge in [0.1, 0.15) is 5.75 Å². The van der Waals surface area contributed by atoms with Gasteiger partial charge in [-0.15, -0.1) is 0 Å². The lowest BCUT2D eigenvalue weighted by Crippen LogP contribution is -2.24. The van der Waals surface area contributed by atoms with Crippen molar-refractivity contribution in [2.24, 2.45) is 5.41 Å². The number of ketones is 1. The van der Waals surface area contributed by atoms with Crippen LogP contribution in [0.3, 0.4) is 0 Å². The highest BCUT2D eigenvalue weighted by molar-refractivity contribution is 6.30. The lowest BCUT2D eigenvalue weighted by atomic mass is 9.79. The summed E-state index contributed by atoms with van der Waals surface area (Å²) in [7, 11) is 0. The summed E-state index contributed by atoms with van der Waals surface area (Å²) < 4.78 is 0. The minimum Gasteiger partial charge on any atom is -0.506 e. The number of halogens is 1. The molecule has 0 bridgehead atoms. The predicted molar refractivity (Wildman–Crippen MR) is 72.8 cm³/mol. The first-order valence-electron chi connectivity index (χ1n) is 5.85. The van der Waals surface area contributed by atoms with Crippen LogP contribution < -0.4 is 5.32 Å². The van der Waals surface area contributed by atoms with E-state index in [0.717, 1.165) is 12.1 Å². The summed E-state index contributed by atoms with van der Waals surface area (Å²) in [4.78, 5) is 11.6. The summed E-state index contributed by atoms with van der Waals surface area (Å²) >= 11 is 5.77. The number of benzene rings is 1. The molecule has 18 heavy (non-hydrogen) atoms. The van der Waals surface area contributed by atoms with E-state index in [1.54, 1.807) is 18.2 Å². The van der Waals surface area contributed by atoms with Crippen molar-refractivity contribution in [1.82, 2.24) is 0 Å². The maximum Gasteiger partial charge on any atom is 0.157 e. The molecule has 0 fully saturated rings. The zero-order valence-electron chi connectivity index (χ0n) is 10.5. The van der Waals surface area contributed by atoms with Crippen molar-refractivity contribution < 1.29 is 9.90 Å². The lowest BCUT2D eigenvalue weighted by molar-refractivity contribution is -0.117. The number of anilines is 1. The highest BCUT2D eigenvalue weighted by Crippen LogP contribution is 2.35. The van der Waals surface area contributed by atoms with Crippen LogP contribution in [0.2, 0.25) is 5.02 Å². The highest BCUT2D eigenvalue weighted by Gasteiger charge is 2.27. The number of rotatable bonds is 2. The van der Waals surface area contributed by atoms with Crippen LogP contribution >= 0.6 is 11.6 Å². The fourth-order valence-corrected chi connectivity index (χ4v) is 2.38. The highest BCUT2D eigenvalue weighted by atomic mass is 35.5. The third-order valence-electron chi connectivity index (χ3n) is 2.91. The zero-order valence-corrected chi connectivity index (χ0v) is 11.2. The van der Waals surface area contributed by atoms with Gasteiger partial charge in [0.05, 0.1) is 5.69 Å². The second-order valence-electron chi connectivity index (χ2n) is 5.44. The molecule has 2 rings (SSSR count). The van der Waals surface area contributed by atoms with Crippen LogP contribution in [0.5, 0.6) is 5.75 Å². The van der Waals surface area contributed by atoms with Crippen molar-refractivity contribution in [1.29, 1.82) is 0 Å². The van der Waals surface area contributed by atoms with Gasteiger partial charge < -0.3 is 10.4 Å². The molecule has 0 aromatic heterocycles. The van der Waals surface area contributed by atoms with Gasteiger partial charge in [0.2, 0.25) is 0 Å². The van der Waals surface area contributed by atoms with Crippen molar-refractivity contribution in [3.05, 3.63) is 35.0 Å². The second-order valence-corrected chi connectivity index (χ2v) is 5.88. The van der Waals surface area contributed by atoms with Gasteiger partial charge in [0.25, 0.3) is 0 Å². The molecule has 0 saturated heterocycles. The maximum absolute atomic E-state index is 11.6. The van der Waals surface area contributed by atoms with E-state index in [9.17, 15) is 9.90 Å². The summed E-state index contributed by atoms with van der Waals surface area (Å²) in [6.07, 6.45) is 2.95. The molecule has 0 radical (unpaired) electrons. The molecule has 0 spiro atoms. The SMILES string of the molecule is CC1(C)CC(=O)C=C(Nc2ccc(Cl)cc2O)C1. The third-order valence-corrected chi connectivity index (χ3v) is 3.15. The first-order valence-corrected chi connectivity index (χ1v) is 6.22. The number of phenolic OH excluding ortho intramolecular Hbond substituents is 1. The topological polar surface area (TPSA) is 49.3 Å². The van der Waals surface area contributed by atoms with E-state index in [-0.39, 0.29) is 16.9 Å². The molecule has 0 amide bonds. The van der Waals surface area contributed by atoms with E-state index in [1.807, 2.05) is 0 Å². The van der Waals surface area contributed by atoms with Gasteiger partial charge in [-0.05, 0) is 24.0 Å². The Morgan fingerprint density at radius 3 is 2.67 bits per heavy atom. The average Bonchev–Trinajstić information content (AvgIpc) is 2.19. The molecule has 0 heterocycles. The van der Waals surface area contributed by atoms with E-state index >= 15 is 0 Å². The molecule has 96 valence electrons. The Hall–Kier alpha value is -1.48. The molecule has 2 N–H and O–H groups in total.